The number of nitrogens with zero attached hydrogens (tertiary/aromatic N) is 1. The second-order valence-corrected chi connectivity index (χ2v) is 6.37. The highest BCUT2D eigenvalue weighted by molar-refractivity contribution is 5.86. The summed E-state index contributed by atoms with van der Waals surface area (Å²) in [4.78, 5) is 14.3. The molecule has 0 aromatic carbocycles. The number of carbonyl (C=O) groups is 1. The van der Waals surface area contributed by atoms with Gasteiger partial charge < -0.3 is 15.7 Å². The number of likely N-dealkylation sites (tertiary alicyclic amines) is 1. The Morgan fingerprint density at radius 3 is 2.76 bits per heavy atom. The van der Waals surface area contributed by atoms with Crippen molar-refractivity contribution in [3.8, 4) is 0 Å². The average Bonchev–Trinajstić information content (AvgIpc) is 2.88. The van der Waals surface area contributed by atoms with Crippen molar-refractivity contribution in [1.82, 2.24) is 4.90 Å². The normalized spacial score (nSPS) is 46.4. The molecule has 3 N–H and O–H groups in total. The fourth-order valence-corrected chi connectivity index (χ4v) is 4.13. The second kappa shape index (κ2) is 3.45. The first kappa shape index (κ1) is 11.5. The van der Waals surface area contributed by atoms with Crippen molar-refractivity contribution in [3.63, 3.8) is 0 Å². The van der Waals surface area contributed by atoms with Crippen LogP contribution in [0, 0.1) is 17.8 Å². The van der Waals surface area contributed by atoms with Gasteiger partial charge in [-0.05, 0) is 43.9 Å². The van der Waals surface area contributed by atoms with Gasteiger partial charge in [-0.15, -0.1) is 0 Å². The van der Waals surface area contributed by atoms with E-state index in [-0.39, 0.29) is 18.1 Å². The molecule has 6 unspecified atom stereocenters. The van der Waals surface area contributed by atoms with E-state index in [1.807, 2.05) is 11.8 Å². The number of nitrogens with two attached hydrogens (primary N) is 1. The van der Waals surface area contributed by atoms with Gasteiger partial charge in [-0.1, -0.05) is 6.92 Å². The minimum Gasteiger partial charge on any atom is -0.391 e. The Bertz CT molecular complexity index is 353. The van der Waals surface area contributed by atoms with Crippen LogP contribution in [0.1, 0.15) is 33.1 Å². The molecule has 96 valence electrons. The lowest BCUT2D eigenvalue weighted by molar-refractivity contribution is -0.139. The quantitative estimate of drug-likeness (QED) is 0.729. The first-order valence-electron chi connectivity index (χ1n) is 6.73. The summed E-state index contributed by atoms with van der Waals surface area (Å²) in [6.07, 6.45) is 2.53. The van der Waals surface area contributed by atoms with Gasteiger partial charge in [-0.25, -0.2) is 0 Å². The van der Waals surface area contributed by atoms with E-state index in [2.05, 4.69) is 0 Å². The van der Waals surface area contributed by atoms with Gasteiger partial charge in [0.15, 0.2) is 0 Å². The lowest BCUT2D eigenvalue weighted by Gasteiger charge is -2.34. The molecular weight excluding hydrogens is 216 g/mol. The number of fused-ring (bicyclic) bond motifs is 1. The smallest absolute Gasteiger partial charge is 0.242 e. The maximum Gasteiger partial charge on any atom is 0.242 e. The molecule has 0 aromatic heterocycles. The minimum absolute atomic E-state index is 0.0269. The highest BCUT2D eigenvalue weighted by atomic mass is 16.3. The highest BCUT2D eigenvalue weighted by Crippen LogP contribution is 2.55. The van der Waals surface area contributed by atoms with Crippen LogP contribution in [0.4, 0.5) is 0 Å². The van der Waals surface area contributed by atoms with Gasteiger partial charge in [0.05, 0.1) is 17.7 Å². The van der Waals surface area contributed by atoms with Crippen molar-refractivity contribution in [2.75, 3.05) is 6.54 Å². The molecule has 6 atom stereocenters. The third-order valence-corrected chi connectivity index (χ3v) is 5.33. The molecule has 1 amide bonds. The third kappa shape index (κ3) is 1.40. The van der Waals surface area contributed by atoms with Crippen LogP contribution in [0.5, 0.6) is 0 Å². The lowest BCUT2D eigenvalue weighted by atomic mass is 9.88. The van der Waals surface area contributed by atoms with Crippen molar-refractivity contribution in [2.45, 2.75) is 50.8 Å². The van der Waals surface area contributed by atoms with E-state index in [1.54, 1.807) is 6.92 Å². The van der Waals surface area contributed by atoms with Crippen molar-refractivity contribution >= 4 is 5.91 Å². The number of aliphatic hydroxyl groups excluding tert-OH is 1. The molecule has 0 spiro atoms. The van der Waals surface area contributed by atoms with Crippen molar-refractivity contribution < 1.29 is 9.90 Å². The second-order valence-electron chi connectivity index (χ2n) is 6.37. The van der Waals surface area contributed by atoms with Crippen molar-refractivity contribution in [3.05, 3.63) is 0 Å². The number of carbonyl (C=O) groups excluding carboxylic acids is 1. The van der Waals surface area contributed by atoms with Gasteiger partial charge in [-0.2, -0.15) is 0 Å². The van der Waals surface area contributed by atoms with Crippen LogP contribution in [0.2, 0.25) is 0 Å². The Kier molecular flexibility index (Phi) is 2.33. The number of hydrogen-bond donors (Lipinski definition) is 2. The molecule has 4 nitrogen and oxygen atoms in total. The maximum absolute atomic E-state index is 12.4. The number of aliphatic hydroxyl groups is 1. The zero-order valence-electron chi connectivity index (χ0n) is 10.6. The summed E-state index contributed by atoms with van der Waals surface area (Å²) in [5, 5.41) is 10.2. The number of amides is 1. The summed E-state index contributed by atoms with van der Waals surface area (Å²) in [7, 11) is 0. The molecule has 2 bridgehead atoms. The molecule has 17 heavy (non-hydrogen) atoms. The van der Waals surface area contributed by atoms with Gasteiger partial charge >= 0.3 is 0 Å². The van der Waals surface area contributed by atoms with E-state index in [0.29, 0.717) is 24.2 Å². The molecule has 2 saturated carbocycles. The van der Waals surface area contributed by atoms with Crippen LogP contribution in [0.3, 0.4) is 0 Å². The van der Waals surface area contributed by atoms with E-state index in [4.69, 9.17) is 5.73 Å². The standard InChI is InChI=1S/C13H22N2O2/c1-3-13(2,14)12(17)15-6-8-4-7-5-9(8)10(15)11(7)16/h7-11,16H,3-6,14H2,1-2H3. The predicted molar refractivity (Wildman–Crippen MR) is 64.1 cm³/mol. The van der Waals surface area contributed by atoms with E-state index < -0.39 is 5.54 Å². The molecular formula is C13H22N2O2. The Morgan fingerprint density at radius 1 is 1.47 bits per heavy atom. The van der Waals surface area contributed by atoms with Crippen molar-refractivity contribution in [2.24, 2.45) is 23.5 Å². The van der Waals surface area contributed by atoms with Crippen LogP contribution < -0.4 is 5.73 Å². The number of rotatable bonds is 2. The Balaban J connectivity index is 1.85. The first-order chi connectivity index (χ1) is 7.95. The van der Waals surface area contributed by atoms with Crippen LogP contribution in [-0.2, 0) is 4.79 Å². The molecule has 1 saturated heterocycles. The van der Waals surface area contributed by atoms with E-state index in [9.17, 15) is 9.90 Å². The van der Waals surface area contributed by atoms with Crippen molar-refractivity contribution in [1.29, 1.82) is 0 Å². The monoisotopic (exact) mass is 238 g/mol. The Morgan fingerprint density at radius 2 is 2.18 bits per heavy atom. The van der Waals surface area contributed by atoms with Gasteiger partial charge in [0.1, 0.15) is 0 Å². The van der Waals surface area contributed by atoms with Gasteiger partial charge in [0, 0.05) is 6.54 Å². The highest BCUT2D eigenvalue weighted by Gasteiger charge is 2.60. The average molecular weight is 238 g/mol. The zero-order chi connectivity index (χ0) is 12.4. The topological polar surface area (TPSA) is 66.6 Å². The van der Waals surface area contributed by atoms with Crippen LogP contribution in [0.25, 0.3) is 0 Å². The largest absolute Gasteiger partial charge is 0.391 e. The maximum atomic E-state index is 12.4. The molecule has 0 radical (unpaired) electrons. The van der Waals surface area contributed by atoms with E-state index >= 15 is 0 Å². The predicted octanol–water partition coefficient (Wildman–Crippen LogP) is 0.341. The lowest BCUT2D eigenvalue weighted by Crippen LogP contribution is -2.56. The first-order valence-corrected chi connectivity index (χ1v) is 6.73. The molecule has 3 rings (SSSR count). The Hall–Kier alpha value is -0.610. The third-order valence-electron chi connectivity index (χ3n) is 5.33. The van der Waals surface area contributed by atoms with E-state index in [1.165, 1.54) is 0 Å². The van der Waals surface area contributed by atoms with Gasteiger partial charge in [0.2, 0.25) is 5.91 Å². The summed E-state index contributed by atoms with van der Waals surface area (Å²) in [5.41, 5.74) is 5.28. The fourth-order valence-electron chi connectivity index (χ4n) is 4.13. The van der Waals surface area contributed by atoms with E-state index in [0.717, 1.165) is 19.4 Å². The summed E-state index contributed by atoms with van der Waals surface area (Å²) < 4.78 is 0. The molecule has 3 aliphatic rings. The summed E-state index contributed by atoms with van der Waals surface area (Å²) in [5.74, 6) is 1.61. The summed E-state index contributed by atoms with van der Waals surface area (Å²) in [6, 6.07) is 0.0562. The fraction of sp³-hybridized carbons (Fsp3) is 0.923. The molecule has 1 heterocycles. The zero-order valence-corrected chi connectivity index (χ0v) is 10.6. The molecule has 3 fully saturated rings. The molecule has 2 aliphatic carbocycles. The summed E-state index contributed by atoms with van der Waals surface area (Å²) >= 11 is 0. The summed E-state index contributed by atoms with van der Waals surface area (Å²) in [6.45, 7) is 4.55. The molecule has 0 aromatic rings. The number of hydrogen-bond acceptors (Lipinski definition) is 3. The van der Waals surface area contributed by atoms with Crippen LogP contribution >= 0.6 is 0 Å². The molecule has 1 aliphatic heterocycles. The van der Waals surface area contributed by atoms with Gasteiger partial charge in [-0.3, -0.25) is 4.79 Å². The molecule has 4 heteroatoms. The van der Waals surface area contributed by atoms with Gasteiger partial charge in [0.25, 0.3) is 0 Å². The minimum atomic E-state index is -0.776. The van der Waals surface area contributed by atoms with Crippen LogP contribution in [-0.4, -0.2) is 40.1 Å². The Labute approximate surface area is 102 Å². The van der Waals surface area contributed by atoms with Crippen LogP contribution in [0.15, 0.2) is 0 Å². The SMILES string of the molecule is CCC(C)(N)C(=O)N1CC2CC3CC2C1C3O.